The minimum Gasteiger partial charge on any atom is -0.459 e. The van der Waals surface area contributed by atoms with Gasteiger partial charge in [-0.25, -0.2) is 0 Å². The number of rotatable bonds is 5. The van der Waals surface area contributed by atoms with Crippen LogP contribution in [0.2, 0.25) is 0 Å². The highest BCUT2D eigenvalue weighted by atomic mass is 16.7. The second kappa shape index (κ2) is 11.0. The number of Topliss-reactive ketones (excluding diaryl/α,β-unsaturated/α-hetero) is 3. The van der Waals surface area contributed by atoms with E-state index in [0.717, 1.165) is 5.57 Å². The van der Waals surface area contributed by atoms with Gasteiger partial charge in [0.05, 0.1) is 23.7 Å². The molecule has 2 aliphatic heterocycles. The summed E-state index contributed by atoms with van der Waals surface area (Å²) in [6.07, 6.45) is -3.94. The molecule has 0 aromatic carbocycles. The summed E-state index contributed by atoms with van der Waals surface area (Å²) in [6, 6.07) is 0. The SMILES string of the molecule is C[C@@H]([C@H]1[C@H](O)C[C@@]2(C)[C@@H]3CC=C4[C@@H](C=C(O[C@@H]5O[C@H](CO)[C@@H](O)[C@H](O)[C@H]5O)C(=O)C4(C)C)[C@]3(C)C(=O)C[C@]12C)[C@@H]1OC(C)(C)CC1=O. The van der Waals surface area contributed by atoms with Gasteiger partial charge in [0.15, 0.2) is 11.5 Å². The Bertz CT molecular complexity index is 1410. The number of aliphatic hydroxyl groups excluding tert-OH is 5. The maximum Gasteiger partial charge on any atom is 0.229 e. The van der Waals surface area contributed by atoms with Crippen molar-refractivity contribution in [2.75, 3.05) is 6.61 Å². The highest BCUT2D eigenvalue weighted by Crippen LogP contribution is 2.73. The summed E-state index contributed by atoms with van der Waals surface area (Å²) < 4.78 is 17.8. The first-order valence-electron chi connectivity index (χ1n) is 17.0. The lowest BCUT2D eigenvalue weighted by atomic mass is 9.39. The van der Waals surface area contributed by atoms with Crippen LogP contribution in [0, 0.1) is 45.3 Å². The topological polar surface area (TPSA) is 180 Å². The molecule has 11 heteroatoms. The van der Waals surface area contributed by atoms with Crippen molar-refractivity contribution in [2.24, 2.45) is 45.3 Å². The Labute approximate surface area is 276 Å². The molecule has 0 bridgehead atoms. The predicted octanol–water partition coefficient (Wildman–Crippen LogP) is 2.00. The Balaban J connectivity index is 1.37. The van der Waals surface area contributed by atoms with Crippen LogP contribution in [0.15, 0.2) is 23.5 Å². The van der Waals surface area contributed by atoms with Gasteiger partial charge in [-0.05, 0) is 75.2 Å². The standard InChI is InChI=1S/C36H52O11/c1-16(29-20(39)12-32(2,3)47-29)25-19(38)13-34(6)23-10-9-17-18(36(23,8)24(40)14-35(25,34)7)11-21(30(44)33(17,4)5)45-31-28(43)27(42)26(41)22(15-37)46-31/h9,11,16,18-19,22-23,25-29,31,37-38,41-43H,10,12-15H2,1-8H3/t16-,18+,19+,22+,23-,25-,26+,27-,28+,29-,31+,34-,35+,36-/m0/s1. The molecule has 0 spiro atoms. The minimum atomic E-state index is -1.70. The van der Waals surface area contributed by atoms with Crippen LogP contribution in [-0.4, -0.2) is 98.0 Å². The average molecular weight is 661 g/mol. The lowest BCUT2D eigenvalue weighted by Crippen LogP contribution is -2.63. The number of hydrogen-bond acceptors (Lipinski definition) is 11. The van der Waals surface area contributed by atoms with Crippen molar-refractivity contribution < 1.29 is 54.1 Å². The maximum atomic E-state index is 14.7. The number of carbonyl (C=O) groups excluding carboxylic acids is 3. The number of aliphatic hydroxyl groups is 5. The zero-order valence-corrected chi connectivity index (χ0v) is 28.7. The smallest absolute Gasteiger partial charge is 0.229 e. The molecule has 262 valence electrons. The Morgan fingerprint density at radius 2 is 1.60 bits per heavy atom. The van der Waals surface area contributed by atoms with Crippen molar-refractivity contribution in [3.63, 3.8) is 0 Å². The summed E-state index contributed by atoms with van der Waals surface area (Å²) in [6.45, 7) is 14.9. The molecule has 4 fully saturated rings. The quantitative estimate of drug-likeness (QED) is 0.272. The van der Waals surface area contributed by atoms with Gasteiger partial charge in [-0.15, -0.1) is 0 Å². The molecular weight excluding hydrogens is 608 g/mol. The predicted molar refractivity (Wildman–Crippen MR) is 167 cm³/mol. The van der Waals surface area contributed by atoms with Crippen LogP contribution in [0.4, 0.5) is 0 Å². The third-order valence-corrected chi connectivity index (χ3v) is 13.6. The second-order valence-corrected chi connectivity index (χ2v) is 17.0. The first-order chi connectivity index (χ1) is 21.7. The van der Waals surface area contributed by atoms with Gasteiger partial charge >= 0.3 is 0 Å². The zero-order chi connectivity index (χ0) is 34.8. The van der Waals surface area contributed by atoms with E-state index in [1.54, 1.807) is 19.9 Å². The minimum absolute atomic E-state index is 0.0111. The highest BCUT2D eigenvalue weighted by molar-refractivity contribution is 6.02. The van der Waals surface area contributed by atoms with Crippen molar-refractivity contribution >= 4 is 17.3 Å². The molecule has 0 radical (unpaired) electrons. The lowest BCUT2D eigenvalue weighted by Gasteiger charge is -2.63. The molecule has 2 saturated heterocycles. The summed E-state index contributed by atoms with van der Waals surface area (Å²) in [4.78, 5) is 41.7. The molecule has 0 aromatic heterocycles. The molecule has 11 nitrogen and oxygen atoms in total. The molecule has 4 aliphatic carbocycles. The molecule has 6 aliphatic rings. The van der Waals surface area contributed by atoms with E-state index in [9.17, 15) is 39.9 Å². The second-order valence-electron chi connectivity index (χ2n) is 17.0. The summed E-state index contributed by atoms with van der Waals surface area (Å²) in [5.41, 5.74) is -2.96. The van der Waals surface area contributed by atoms with Crippen LogP contribution in [0.3, 0.4) is 0 Å². The largest absolute Gasteiger partial charge is 0.459 e. The number of hydrogen-bond donors (Lipinski definition) is 5. The summed E-state index contributed by atoms with van der Waals surface area (Å²) in [5.74, 6) is -1.88. The van der Waals surface area contributed by atoms with E-state index in [1.165, 1.54) is 0 Å². The zero-order valence-electron chi connectivity index (χ0n) is 28.7. The van der Waals surface area contributed by atoms with Gasteiger partial charge in [0, 0.05) is 24.2 Å². The summed E-state index contributed by atoms with van der Waals surface area (Å²) in [5, 5.41) is 52.7. The van der Waals surface area contributed by atoms with Crippen LogP contribution in [0.25, 0.3) is 0 Å². The molecule has 2 heterocycles. The number of allylic oxidation sites excluding steroid dienone is 4. The molecule has 0 unspecified atom stereocenters. The van der Waals surface area contributed by atoms with Crippen molar-refractivity contribution in [2.45, 2.75) is 130 Å². The molecule has 14 atom stereocenters. The van der Waals surface area contributed by atoms with E-state index < -0.39 is 82.7 Å². The first kappa shape index (κ1) is 34.9. The molecule has 2 saturated carbocycles. The number of ether oxygens (including phenoxy) is 3. The number of ketones is 3. The number of fused-ring (bicyclic) bond motifs is 5. The van der Waals surface area contributed by atoms with Crippen molar-refractivity contribution in [1.82, 2.24) is 0 Å². The van der Waals surface area contributed by atoms with E-state index in [1.807, 2.05) is 27.7 Å². The monoisotopic (exact) mass is 660 g/mol. The third kappa shape index (κ3) is 4.74. The molecule has 0 aromatic rings. The van der Waals surface area contributed by atoms with Gasteiger partial charge in [-0.1, -0.05) is 39.3 Å². The fourth-order valence-corrected chi connectivity index (χ4v) is 10.9. The fraction of sp³-hybridized carbons (Fsp3) is 0.806. The van der Waals surface area contributed by atoms with Gasteiger partial charge in [-0.3, -0.25) is 14.4 Å². The van der Waals surface area contributed by atoms with E-state index in [2.05, 4.69) is 19.9 Å². The molecular formula is C36H52O11. The average Bonchev–Trinajstić information content (AvgIpc) is 3.38. The van der Waals surface area contributed by atoms with E-state index in [0.29, 0.717) is 19.3 Å². The molecule has 0 amide bonds. The highest BCUT2D eigenvalue weighted by Gasteiger charge is 2.73. The van der Waals surface area contributed by atoms with Gasteiger partial charge < -0.3 is 39.7 Å². The Morgan fingerprint density at radius 3 is 2.19 bits per heavy atom. The normalized spacial score (nSPS) is 49.4. The molecule has 5 N–H and O–H groups in total. The Morgan fingerprint density at radius 1 is 0.936 bits per heavy atom. The van der Waals surface area contributed by atoms with E-state index in [4.69, 9.17) is 14.2 Å². The van der Waals surface area contributed by atoms with E-state index in [-0.39, 0.29) is 47.3 Å². The van der Waals surface area contributed by atoms with Crippen LogP contribution in [-0.2, 0) is 28.6 Å². The van der Waals surface area contributed by atoms with E-state index >= 15 is 0 Å². The Kier molecular flexibility index (Phi) is 8.16. The summed E-state index contributed by atoms with van der Waals surface area (Å²) >= 11 is 0. The van der Waals surface area contributed by atoms with Gasteiger partial charge in [0.2, 0.25) is 12.1 Å². The van der Waals surface area contributed by atoms with Gasteiger partial charge in [0.1, 0.15) is 36.3 Å². The Hall–Kier alpha value is -1.99. The first-order valence-corrected chi connectivity index (χ1v) is 17.0. The van der Waals surface area contributed by atoms with Crippen LogP contribution >= 0.6 is 0 Å². The summed E-state index contributed by atoms with van der Waals surface area (Å²) in [7, 11) is 0. The van der Waals surface area contributed by atoms with Crippen LogP contribution < -0.4 is 0 Å². The lowest BCUT2D eigenvalue weighted by molar-refractivity contribution is -0.291. The van der Waals surface area contributed by atoms with Crippen LogP contribution in [0.5, 0.6) is 0 Å². The van der Waals surface area contributed by atoms with Crippen molar-refractivity contribution in [3.05, 3.63) is 23.5 Å². The molecule has 47 heavy (non-hydrogen) atoms. The van der Waals surface area contributed by atoms with Gasteiger partial charge in [-0.2, -0.15) is 0 Å². The number of carbonyl (C=O) groups is 3. The van der Waals surface area contributed by atoms with Gasteiger partial charge in [0.25, 0.3) is 0 Å². The molecule has 6 rings (SSSR count). The fourth-order valence-electron chi connectivity index (χ4n) is 10.9. The third-order valence-electron chi connectivity index (χ3n) is 13.6. The van der Waals surface area contributed by atoms with Crippen molar-refractivity contribution in [3.8, 4) is 0 Å². The maximum absolute atomic E-state index is 14.7. The van der Waals surface area contributed by atoms with Crippen LogP contribution in [0.1, 0.15) is 81.1 Å². The van der Waals surface area contributed by atoms with Crippen molar-refractivity contribution in [1.29, 1.82) is 0 Å².